The number of aromatic nitrogens is 3. The van der Waals surface area contributed by atoms with Crippen LogP contribution in [0.4, 0.5) is 10.1 Å². The fourth-order valence-corrected chi connectivity index (χ4v) is 2.88. The summed E-state index contributed by atoms with van der Waals surface area (Å²) in [5.74, 6) is -0.688. The number of carbonyl (C=O) groups excluding carboxylic acids is 1. The van der Waals surface area contributed by atoms with E-state index in [0.717, 1.165) is 6.07 Å². The molecule has 22 heavy (non-hydrogen) atoms. The Morgan fingerprint density at radius 3 is 2.77 bits per heavy atom. The van der Waals surface area contributed by atoms with Gasteiger partial charge in [0.2, 0.25) is 5.91 Å². The Bertz CT molecular complexity index is 677. The number of anilines is 1. The lowest BCUT2D eigenvalue weighted by molar-refractivity contribution is -0.115. The standard InChI is InChI=1S/C14H16ClFN4OS/c1-8(2)20-7-17-19-14(20)22-9(3)13(21)18-12-5-4-10(16)6-11(12)15/h4-9H,1-3H3,(H,18,21). The summed E-state index contributed by atoms with van der Waals surface area (Å²) in [5, 5.41) is 11.0. The molecule has 0 aliphatic heterocycles. The van der Waals surface area contributed by atoms with E-state index in [4.69, 9.17) is 11.6 Å². The average Bonchev–Trinajstić information content (AvgIpc) is 2.90. The highest BCUT2D eigenvalue weighted by molar-refractivity contribution is 8.00. The zero-order chi connectivity index (χ0) is 16.3. The first-order valence-corrected chi connectivity index (χ1v) is 7.96. The topological polar surface area (TPSA) is 59.8 Å². The van der Waals surface area contributed by atoms with Gasteiger partial charge in [-0.2, -0.15) is 0 Å². The van der Waals surface area contributed by atoms with Crippen LogP contribution < -0.4 is 5.32 Å². The van der Waals surface area contributed by atoms with Crippen LogP contribution in [-0.2, 0) is 4.79 Å². The molecule has 118 valence electrons. The molecule has 1 N–H and O–H groups in total. The Hall–Kier alpha value is -1.60. The van der Waals surface area contributed by atoms with Gasteiger partial charge < -0.3 is 9.88 Å². The molecule has 0 fully saturated rings. The van der Waals surface area contributed by atoms with Gasteiger partial charge in [-0.1, -0.05) is 23.4 Å². The molecule has 0 spiro atoms. The first-order chi connectivity index (χ1) is 10.4. The Morgan fingerprint density at radius 1 is 1.41 bits per heavy atom. The summed E-state index contributed by atoms with van der Waals surface area (Å²) >= 11 is 7.20. The summed E-state index contributed by atoms with van der Waals surface area (Å²) in [6, 6.07) is 4.04. The van der Waals surface area contributed by atoms with Gasteiger partial charge in [-0.15, -0.1) is 10.2 Å². The third-order valence-corrected chi connectivity index (χ3v) is 4.32. The van der Waals surface area contributed by atoms with Gasteiger partial charge in [-0.3, -0.25) is 4.79 Å². The van der Waals surface area contributed by atoms with Gasteiger partial charge in [0.15, 0.2) is 5.16 Å². The molecule has 2 aromatic rings. The Kier molecular flexibility index (Phi) is 5.42. The Balaban J connectivity index is 2.04. The van der Waals surface area contributed by atoms with Gasteiger partial charge in [-0.25, -0.2) is 4.39 Å². The molecule has 1 atom stereocenters. The van der Waals surface area contributed by atoms with Crippen molar-refractivity contribution < 1.29 is 9.18 Å². The number of rotatable bonds is 5. The van der Waals surface area contributed by atoms with E-state index >= 15 is 0 Å². The number of nitrogens with one attached hydrogen (secondary N) is 1. The number of amides is 1. The smallest absolute Gasteiger partial charge is 0.237 e. The number of halogens is 2. The Labute approximate surface area is 137 Å². The van der Waals surface area contributed by atoms with Crippen molar-refractivity contribution in [2.24, 2.45) is 0 Å². The van der Waals surface area contributed by atoms with Crippen molar-refractivity contribution in [1.29, 1.82) is 0 Å². The molecule has 1 unspecified atom stereocenters. The van der Waals surface area contributed by atoms with Crippen LogP contribution in [0.3, 0.4) is 0 Å². The molecule has 0 saturated carbocycles. The van der Waals surface area contributed by atoms with Crippen molar-refractivity contribution in [3.8, 4) is 0 Å². The molecular weight excluding hydrogens is 327 g/mol. The quantitative estimate of drug-likeness (QED) is 0.840. The highest BCUT2D eigenvalue weighted by Crippen LogP contribution is 2.26. The van der Waals surface area contributed by atoms with Crippen LogP contribution in [0.5, 0.6) is 0 Å². The van der Waals surface area contributed by atoms with Crippen LogP contribution in [0.25, 0.3) is 0 Å². The minimum atomic E-state index is -0.449. The van der Waals surface area contributed by atoms with E-state index in [1.165, 1.54) is 23.9 Å². The van der Waals surface area contributed by atoms with Crippen molar-refractivity contribution in [2.75, 3.05) is 5.32 Å². The molecule has 0 radical (unpaired) electrons. The average molecular weight is 343 g/mol. The van der Waals surface area contributed by atoms with E-state index in [1.807, 2.05) is 18.4 Å². The van der Waals surface area contributed by atoms with E-state index in [1.54, 1.807) is 13.3 Å². The van der Waals surface area contributed by atoms with Crippen LogP contribution >= 0.6 is 23.4 Å². The predicted molar refractivity (Wildman–Crippen MR) is 85.8 cm³/mol. The zero-order valence-electron chi connectivity index (χ0n) is 12.4. The largest absolute Gasteiger partial charge is 0.324 e. The first-order valence-electron chi connectivity index (χ1n) is 6.70. The lowest BCUT2D eigenvalue weighted by Gasteiger charge is -2.14. The third kappa shape index (κ3) is 3.98. The predicted octanol–water partition coefficient (Wildman–Crippen LogP) is 3.77. The normalized spacial score (nSPS) is 12.5. The SMILES string of the molecule is CC(Sc1nncn1C(C)C)C(=O)Nc1ccc(F)cc1Cl. The summed E-state index contributed by atoms with van der Waals surface area (Å²) in [4.78, 5) is 12.2. The molecule has 0 aliphatic rings. The fourth-order valence-electron chi connectivity index (χ4n) is 1.71. The van der Waals surface area contributed by atoms with Crippen LogP contribution in [0.2, 0.25) is 5.02 Å². The zero-order valence-corrected chi connectivity index (χ0v) is 14.0. The number of hydrogen-bond donors (Lipinski definition) is 1. The minimum Gasteiger partial charge on any atom is -0.324 e. The highest BCUT2D eigenvalue weighted by atomic mass is 35.5. The number of carbonyl (C=O) groups is 1. The van der Waals surface area contributed by atoms with Crippen molar-refractivity contribution in [1.82, 2.24) is 14.8 Å². The first kappa shape index (κ1) is 16.8. The molecule has 1 amide bonds. The molecule has 1 aromatic carbocycles. The van der Waals surface area contributed by atoms with Crippen LogP contribution in [0.1, 0.15) is 26.8 Å². The van der Waals surface area contributed by atoms with Gasteiger partial charge in [0.05, 0.1) is 16.0 Å². The molecule has 1 heterocycles. The van der Waals surface area contributed by atoms with Gasteiger partial charge in [0, 0.05) is 6.04 Å². The van der Waals surface area contributed by atoms with Gasteiger partial charge in [-0.05, 0) is 39.0 Å². The lowest BCUT2D eigenvalue weighted by atomic mass is 10.3. The second-order valence-electron chi connectivity index (χ2n) is 4.99. The van der Waals surface area contributed by atoms with Crippen molar-refractivity contribution in [3.63, 3.8) is 0 Å². The molecule has 8 heteroatoms. The fraction of sp³-hybridized carbons (Fsp3) is 0.357. The van der Waals surface area contributed by atoms with E-state index in [9.17, 15) is 9.18 Å². The van der Waals surface area contributed by atoms with Crippen molar-refractivity contribution in [2.45, 2.75) is 37.2 Å². The molecule has 5 nitrogen and oxygen atoms in total. The monoisotopic (exact) mass is 342 g/mol. The van der Waals surface area contributed by atoms with Gasteiger partial charge in [0.25, 0.3) is 0 Å². The number of hydrogen-bond acceptors (Lipinski definition) is 4. The number of nitrogens with zero attached hydrogens (tertiary/aromatic N) is 3. The van der Waals surface area contributed by atoms with E-state index < -0.39 is 11.1 Å². The molecule has 0 saturated heterocycles. The van der Waals surface area contributed by atoms with E-state index in [0.29, 0.717) is 10.8 Å². The molecular formula is C14H16ClFN4OS. The van der Waals surface area contributed by atoms with Crippen molar-refractivity contribution in [3.05, 3.63) is 35.4 Å². The third-order valence-electron chi connectivity index (χ3n) is 2.94. The highest BCUT2D eigenvalue weighted by Gasteiger charge is 2.19. The lowest BCUT2D eigenvalue weighted by Crippen LogP contribution is -2.23. The maximum absolute atomic E-state index is 13.0. The maximum Gasteiger partial charge on any atom is 0.237 e. The van der Waals surface area contributed by atoms with Gasteiger partial charge in [0.1, 0.15) is 12.1 Å². The molecule has 0 bridgehead atoms. The van der Waals surface area contributed by atoms with Crippen LogP contribution in [0.15, 0.2) is 29.7 Å². The maximum atomic E-state index is 13.0. The summed E-state index contributed by atoms with van der Waals surface area (Å²) in [6.07, 6.45) is 1.63. The summed E-state index contributed by atoms with van der Waals surface area (Å²) in [6.45, 7) is 5.78. The molecule has 2 rings (SSSR count). The molecule has 1 aromatic heterocycles. The summed E-state index contributed by atoms with van der Waals surface area (Å²) in [5.41, 5.74) is 0.380. The minimum absolute atomic E-state index is 0.163. The molecule has 0 aliphatic carbocycles. The second-order valence-corrected chi connectivity index (χ2v) is 6.70. The van der Waals surface area contributed by atoms with Gasteiger partial charge >= 0.3 is 0 Å². The van der Waals surface area contributed by atoms with Crippen LogP contribution in [0, 0.1) is 5.82 Å². The number of benzene rings is 1. The van der Waals surface area contributed by atoms with Crippen molar-refractivity contribution >= 4 is 35.0 Å². The van der Waals surface area contributed by atoms with Crippen LogP contribution in [-0.4, -0.2) is 25.9 Å². The van der Waals surface area contributed by atoms with E-state index in [-0.39, 0.29) is 17.0 Å². The number of thioether (sulfide) groups is 1. The second kappa shape index (κ2) is 7.11. The summed E-state index contributed by atoms with van der Waals surface area (Å²) < 4.78 is 14.9. The Morgan fingerprint density at radius 2 is 2.14 bits per heavy atom. The summed E-state index contributed by atoms with van der Waals surface area (Å²) in [7, 11) is 0. The van der Waals surface area contributed by atoms with E-state index in [2.05, 4.69) is 15.5 Å².